The van der Waals surface area contributed by atoms with Gasteiger partial charge >= 0.3 is 0 Å². The van der Waals surface area contributed by atoms with Gasteiger partial charge in [-0.25, -0.2) is 0 Å². The minimum Gasteiger partial charge on any atom is -0.256 e. The molecule has 0 aliphatic heterocycles. The minimum absolute atomic E-state index is 0.0908. The number of hydrogen-bond acceptors (Lipinski definition) is 1. The monoisotopic (exact) mass is 511 g/mol. The Morgan fingerprint density at radius 1 is 0.500 bits per heavy atom. The molecular formula is C39H29N. The van der Waals surface area contributed by atoms with E-state index in [4.69, 9.17) is 0 Å². The summed E-state index contributed by atoms with van der Waals surface area (Å²) in [5.41, 5.74) is 10.9. The summed E-state index contributed by atoms with van der Waals surface area (Å²) >= 11 is 0. The molecule has 1 aromatic heterocycles. The molecule has 1 heterocycles. The van der Waals surface area contributed by atoms with Gasteiger partial charge in [0.25, 0.3) is 0 Å². The first-order valence-electron chi connectivity index (χ1n) is 14.7. The largest absolute Gasteiger partial charge is 0.256 e. The molecule has 0 unspecified atom stereocenters. The first-order valence-corrected chi connectivity index (χ1v) is 14.7. The van der Waals surface area contributed by atoms with Gasteiger partial charge in [-0.05, 0) is 103 Å². The molecule has 9 rings (SSSR count). The van der Waals surface area contributed by atoms with E-state index >= 15 is 0 Å². The first-order chi connectivity index (χ1) is 19.8. The summed E-state index contributed by atoms with van der Waals surface area (Å²) in [7, 11) is 0. The zero-order chi connectivity index (χ0) is 26.3. The van der Waals surface area contributed by atoms with Gasteiger partial charge in [0.1, 0.15) is 0 Å². The van der Waals surface area contributed by atoms with Crippen LogP contribution < -0.4 is 0 Å². The smallest absolute Gasteiger partial charge is 0.0702 e. The second-order valence-electron chi connectivity index (χ2n) is 11.8. The lowest BCUT2D eigenvalue weighted by atomic mass is 9.67. The van der Waals surface area contributed by atoms with Crippen molar-refractivity contribution in [2.45, 2.75) is 37.5 Å². The Balaban J connectivity index is 1.26. The maximum Gasteiger partial charge on any atom is 0.0702 e. The Kier molecular flexibility index (Phi) is 4.61. The van der Waals surface area contributed by atoms with Crippen molar-refractivity contribution in [2.24, 2.45) is 0 Å². The van der Waals surface area contributed by atoms with E-state index in [1.807, 2.05) is 12.3 Å². The molecule has 1 spiro atoms. The molecule has 0 N–H and O–H groups in total. The Hall–Kier alpha value is -4.49. The van der Waals surface area contributed by atoms with Crippen molar-refractivity contribution in [1.82, 2.24) is 4.98 Å². The van der Waals surface area contributed by atoms with Crippen molar-refractivity contribution in [2.75, 3.05) is 0 Å². The molecule has 1 saturated carbocycles. The van der Waals surface area contributed by atoms with Crippen LogP contribution in [-0.4, -0.2) is 4.98 Å². The Labute approximate surface area is 234 Å². The van der Waals surface area contributed by atoms with E-state index in [9.17, 15) is 0 Å². The molecule has 0 atom stereocenters. The predicted molar refractivity (Wildman–Crippen MR) is 168 cm³/mol. The van der Waals surface area contributed by atoms with Crippen LogP contribution in [0.15, 0.2) is 115 Å². The van der Waals surface area contributed by atoms with Crippen LogP contribution in [0.2, 0.25) is 0 Å². The van der Waals surface area contributed by atoms with E-state index < -0.39 is 0 Å². The maximum atomic E-state index is 4.67. The van der Waals surface area contributed by atoms with Crippen LogP contribution in [0, 0.1) is 0 Å². The van der Waals surface area contributed by atoms with Crippen LogP contribution in [0.4, 0.5) is 0 Å². The van der Waals surface area contributed by atoms with Gasteiger partial charge in [-0.15, -0.1) is 0 Å². The summed E-state index contributed by atoms with van der Waals surface area (Å²) in [6.45, 7) is 0. The Bertz CT molecular complexity index is 2060. The number of benzene rings is 6. The fourth-order valence-corrected chi connectivity index (χ4v) is 8.04. The van der Waals surface area contributed by atoms with E-state index in [1.165, 1.54) is 103 Å². The molecule has 1 fully saturated rings. The van der Waals surface area contributed by atoms with Gasteiger partial charge in [0.05, 0.1) is 5.69 Å². The highest BCUT2D eigenvalue weighted by Crippen LogP contribution is 2.57. The minimum atomic E-state index is 0.0908. The summed E-state index contributed by atoms with van der Waals surface area (Å²) in [5, 5.41) is 8.10. The quantitative estimate of drug-likeness (QED) is 0.210. The normalized spacial score (nSPS) is 15.7. The van der Waals surface area contributed by atoms with Gasteiger partial charge in [0, 0.05) is 17.2 Å². The summed E-state index contributed by atoms with van der Waals surface area (Å²) in [6.07, 6.45) is 8.25. The lowest BCUT2D eigenvalue weighted by Crippen LogP contribution is -2.28. The van der Waals surface area contributed by atoms with Gasteiger partial charge in [0.2, 0.25) is 0 Å². The summed E-state index contributed by atoms with van der Waals surface area (Å²) in [6, 6.07) is 41.1. The van der Waals surface area contributed by atoms with Crippen molar-refractivity contribution in [1.29, 1.82) is 0 Å². The van der Waals surface area contributed by atoms with E-state index in [-0.39, 0.29) is 5.41 Å². The fourth-order valence-electron chi connectivity index (χ4n) is 8.04. The standard InChI is InChI=1S/C39H29N/c1-3-20-39(21-4-1)34-23-28(14-17-31(34)32-18-15-29(24-35(32)39)36-9-2-5-22-40-36)30-16-12-27-11-10-25-7-6-8-26-13-19-33(30)38(27)37(25)26/h2,5-19,22-24H,1,3-4,20-21H2. The summed E-state index contributed by atoms with van der Waals surface area (Å²) in [4.78, 5) is 4.67. The van der Waals surface area contributed by atoms with Crippen molar-refractivity contribution in [3.8, 4) is 33.5 Å². The molecule has 40 heavy (non-hydrogen) atoms. The third-order valence-corrected chi connectivity index (χ3v) is 9.87. The highest BCUT2D eigenvalue weighted by Gasteiger charge is 2.44. The number of nitrogens with zero attached hydrogens (tertiary/aromatic N) is 1. The fraction of sp³-hybridized carbons (Fsp3) is 0.154. The van der Waals surface area contributed by atoms with E-state index in [1.54, 1.807) is 0 Å². The number of aromatic nitrogens is 1. The Morgan fingerprint density at radius 3 is 1.90 bits per heavy atom. The third kappa shape index (κ3) is 3.01. The molecule has 2 aliphatic carbocycles. The molecule has 1 nitrogen and oxygen atoms in total. The van der Waals surface area contributed by atoms with Crippen molar-refractivity contribution in [3.63, 3.8) is 0 Å². The highest BCUT2D eigenvalue weighted by molar-refractivity contribution is 6.25. The molecule has 0 saturated heterocycles. The molecule has 7 aromatic rings. The number of pyridine rings is 1. The second kappa shape index (κ2) is 8.26. The van der Waals surface area contributed by atoms with E-state index in [2.05, 4.69) is 108 Å². The van der Waals surface area contributed by atoms with Crippen molar-refractivity contribution < 1.29 is 0 Å². The van der Waals surface area contributed by atoms with Gasteiger partial charge < -0.3 is 0 Å². The SMILES string of the molecule is c1ccc(-c2ccc3c(c2)C2(CCCCC2)c2cc(-c4ccc5ccc6cccc7ccc4c5c67)ccc2-3)nc1. The third-order valence-electron chi connectivity index (χ3n) is 9.87. The molecule has 0 bridgehead atoms. The lowest BCUT2D eigenvalue weighted by molar-refractivity contribution is 0.353. The van der Waals surface area contributed by atoms with Crippen LogP contribution in [0.1, 0.15) is 43.2 Å². The second-order valence-corrected chi connectivity index (χ2v) is 11.8. The van der Waals surface area contributed by atoms with E-state index in [0.29, 0.717) is 0 Å². The molecule has 6 aromatic carbocycles. The van der Waals surface area contributed by atoms with Crippen LogP contribution in [0.3, 0.4) is 0 Å². The zero-order valence-corrected chi connectivity index (χ0v) is 22.5. The molecular weight excluding hydrogens is 482 g/mol. The van der Waals surface area contributed by atoms with E-state index in [0.717, 1.165) is 5.69 Å². The average molecular weight is 512 g/mol. The molecule has 190 valence electrons. The van der Waals surface area contributed by atoms with Gasteiger partial charge in [-0.1, -0.05) is 104 Å². The van der Waals surface area contributed by atoms with Crippen molar-refractivity contribution in [3.05, 3.63) is 127 Å². The number of fused-ring (bicyclic) bond motifs is 5. The van der Waals surface area contributed by atoms with Crippen molar-refractivity contribution >= 4 is 32.3 Å². The Morgan fingerprint density at radius 2 is 1.15 bits per heavy atom. The van der Waals surface area contributed by atoms with Crippen LogP contribution >= 0.6 is 0 Å². The predicted octanol–water partition coefficient (Wildman–Crippen LogP) is 10.5. The maximum absolute atomic E-state index is 4.67. The van der Waals surface area contributed by atoms with Gasteiger partial charge in [-0.2, -0.15) is 0 Å². The molecule has 0 amide bonds. The van der Waals surface area contributed by atoms with Gasteiger partial charge in [0.15, 0.2) is 0 Å². The lowest BCUT2D eigenvalue weighted by Gasteiger charge is -2.36. The number of rotatable bonds is 2. The average Bonchev–Trinajstić information content (AvgIpc) is 3.28. The first kappa shape index (κ1) is 22.3. The zero-order valence-electron chi connectivity index (χ0n) is 22.5. The molecule has 1 heteroatoms. The van der Waals surface area contributed by atoms with Crippen LogP contribution in [-0.2, 0) is 5.41 Å². The molecule has 0 radical (unpaired) electrons. The highest BCUT2D eigenvalue weighted by atomic mass is 14.7. The number of hydrogen-bond donors (Lipinski definition) is 0. The summed E-state index contributed by atoms with van der Waals surface area (Å²) < 4.78 is 0. The molecule has 2 aliphatic rings. The van der Waals surface area contributed by atoms with Gasteiger partial charge in [-0.3, -0.25) is 4.98 Å². The summed E-state index contributed by atoms with van der Waals surface area (Å²) in [5.74, 6) is 0. The van der Waals surface area contributed by atoms with Crippen LogP contribution in [0.5, 0.6) is 0 Å². The topological polar surface area (TPSA) is 12.9 Å². The van der Waals surface area contributed by atoms with Crippen LogP contribution in [0.25, 0.3) is 65.8 Å².